The fourth-order valence-corrected chi connectivity index (χ4v) is 8.74. The third-order valence-electron chi connectivity index (χ3n) is 9.50. The van der Waals surface area contributed by atoms with Crippen molar-refractivity contribution in [2.24, 2.45) is 0 Å². The zero-order valence-electron chi connectivity index (χ0n) is 24.9. The molecular weight excluding hydrogens is 595 g/mol. The number of para-hydroxylation sites is 4. The summed E-state index contributed by atoms with van der Waals surface area (Å²) in [5.74, 6) is 0.645. The second-order valence-corrected chi connectivity index (χ2v) is 13.1. The highest BCUT2D eigenvalue weighted by atomic mass is 32.1. The molecule has 11 aromatic rings. The molecule has 0 atom stereocenters. The molecular formula is C41H23N5S. The van der Waals surface area contributed by atoms with Gasteiger partial charge >= 0.3 is 0 Å². The lowest BCUT2D eigenvalue weighted by atomic mass is 10.1. The van der Waals surface area contributed by atoms with E-state index in [0.717, 1.165) is 66.0 Å². The van der Waals surface area contributed by atoms with Crippen LogP contribution >= 0.6 is 11.3 Å². The van der Waals surface area contributed by atoms with Crippen LogP contribution in [0.4, 0.5) is 0 Å². The molecule has 0 aliphatic heterocycles. The molecule has 0 N–H and O–H groups in total. The van der Waals surface area contributed by atoms with Crippen molar-refractivity contribution in [2.45, 2.75) is 0 Å². The van der Waals surface area contributed by atoms with Crippen LogP contribution in [0.2, 0.25) is 0 Å². The summed E-state index contributed by atoms with van der Waals surface area (Å²) in [6, 6.07) is 49.1. The molecule has 6 aromatic carbocycles. The third kappa shape index (κ3) is 3.34. The Bertz CT molecular complexity index is 3080. The maximum Gasteiger partial charge on any atom is 0.235 e. The van der Waals surface area contributed by atoms with Gasteiger partial charge in [-0.15, -0.1) is 11.3 Å². The van der Waals surface area contributed by atoms with Gasteiger partial charge in [0, 0.05) is 37.2 Å². The highest BCUT2D eigenvalue weighted by Gasteiger charge is 2.24. The van der Waals surface area contributed by atoms with E-state index in [-0.39, 0.29) is 0 Å². The first kappa shape index (κ1) is 25.1. The van der Waals surface area contributed by atoms with E-state index >= 15 is 0 Å². The zero-order valence-corrected chi connectivity index (χ0v) is 25.7. The van der Waals surface area contributed by atoms with Crippen LogP contribution in [0.5, 0.6) is 0 Å². The summed E-state index contributed by atoms with van der Waals surface area (Å²) in [5, 5.41) is 6.88. The highest BCUT2D eigenvalue weighted by molar-refractivity contribution is 7.26. The Kier molecular flexibility index (Phi) is 4.93. The first-order valence-corrected chi connectivity index (χ1v) is 16.5. The molecule has 47 heavy (non-hydrogen) atoms. The molecule has 5 aromatic heterocycles. The summed E-state index contributed by atoms with van der Waals surface area (Å²) in [5.41, 5.74) is 9.25. The molecule has 6 heteroatoms. The van der Waals surface area contributed by atoms with Crippen molar-refractivity contribution in [2.75, 3.05) is 0 Å². The summed E-state index contributed by atoms with van der Waals surface area (Å²) in [6.45, 7) is 0. The number of imidazole rings is 1. The lowest BCUT2D eigenvalue weighted by Crippen LogP contribution is -2.04. The Morgan fingerprint density at radius 3 is 2.02 bits per heavy atom. The van der Waals surface area contributed by atoms with Crippen molar-refractivity contribution in [1.29, 1.82) is 0 Å². The molecule has 0 aliphatic carbocycles. The van der Waals surface area contributed by atoms with Crippen molar-refractivity contribution >= 4 is 91.8 Å². The molecule has 0 radical (unpaired) electrons. The maximum atomic E-state index is 5.37. The molecule has 0 amide bonds. The summed E-state index contributed by atoms with van der Waals surface area (Å²) in [7, 11) is 0. The fourth-order valence-electron chi connectivity index (χ4n) is 7.52. The molecule has 0 bridgehead atoms. The SMILES string of the molecule is c1ccc(-c2nc(-n3c4ccccc4c4ccc5c6sc7ccccc7c6n6c7ccccc7nc6c5c43)nc3ccccc23)cc1. The van der Waals surface area contributed by atoms with Gasteiger partial charge in [0.2, 0.25) is 5.95 Å². The minimum Gasteiger partial charge on any atom is -0.290 e. The second-order valence-electron chi connectivity index (χ2n) is 12.0. The Labute approximate surface area is 271 Å². The number of rotatable bonds is 2. The van der Waals surface area contributed by atoms with Crippen LogP contribution < -0.4 is 0 Å². The number of nitrogens with zero attached hydrogens (tertiary/aromatic N) is 5. The molecule has 11 rings (SSSR count). The first-order valence-electron chi connectivity index (χ1n) is 15.7. The van der Waals surface area contributed by atoms with E-state index in [2.05, 4.69) is 136 Å². The highest BCUT2D eigenvalue weighted by Crippen LogP contribution is 2.45. The number of pyridine rings is 1. The molecule has 0 saturated heterocycles. The van der Waals surface area contributed by atoms with Gasteiger partial charge in [0.05, 0.1) is 48.9 Å². The number of hydrogen-bond donors (Lipinski definition) is 0. The molecule has 0 aliphatic rings. The van der Waals surface area contributed by atoms with Gasteiger partial charge in [0.25, 0.3) is 0 Å². The molecule has 5 heterocycles. The lowest BCUT2D eigenvalue weighted by molar-refractivity contribution is 1.02. The smallest absolute Gasteiger partial charge is 0.235 e. The standard InChI is InChI=1S/C41H23N5S/c1-2-12-24(13-3-1)36-27-15-4-7-17-30(27)43-41(44-36)46-32-19-9-5-14-25(32)26-22-23-29-35(37(26)46)40-42-31-18-8-10-20-33(31)45(40)38-28-16-6-11-21-34(28)47-39(29)38/h1-23H. The van der Waals surface area contributed by atoms with Gasteiger partial charge in [-0.1, -0.05) is 109 Å². The molecule has 5 nitrogen and oxygen atoms in total. The Hall–Kier alpha value is -6.11. The van der Waals surface area contributed by atoms with Crippen molar-refractivity contribution in [3.63, 3.8) is 0 Å². The van der Waals surface area contributed by atoms with Crippen LogP contribution in [0.3, 0.4) is 0 Å². The first-order chi connectivity index (χ1) is 23.3. The average molecular weight is 618 g/mol. The zero-order chi connectivity index (χ0) is 30.6. The van der Waals surface area contributed by atoms with Gasteiger partial charge in [0.15, 0.2) is 0 Å². The largest absolute Gasteiger partial charge is 0.290 e. The van der Waals surface area contributed by atoms with Crippen LogP contribution in [0.15, 0.2) is 140 Å². The van der Waals surface area contributed by atoms with Crippen LogP contribution in [-0.2, 0) is 0 Å². The molecule has 218 valence electrons. The van der Waals surface area contributed by atoms with E-state index in [1.165, 1.54) is 25.7 Å². The van der Waals surface area contributed by atoms with Crippen molar-refractivity contribution in [3.8, 4) is 17.2 Å². The van der Waals surface area contributed by atoms with E-state index < -0.39 is 0 Å². The van der Waals surface area contributed by atoms with Gasteiger partial charge in [-0.3, -0.25) is 8.97 Å². The molecule has 0 fully saturated rings. The fraction of sp³-hybridized carbons (Fsp3) is 0. The summed E-state index contributed by atoms with van der Waals surface area (Å²) < 4.78 is 7.16. The van der Waals surface area contributed by atoms with Crippen LogP contribution in [0.25, 0.3) is 97.7 Å². The number of aromatic nitrogens is 5. The Morgan fingerprint density at radius 2 is 1.15 bits per heavy atom. The Balaban J connectivity index is 1.40. The number of thiophene rings is 1. The summed E-state index contributed by atoms with van der Waals surface area (Å²) in [4.78, 5) is 16.0. The van der Waals surface area contributed by atoms with E-state index in [9.17, 15) is 0 Å². The van der Waals surface area contributed by atoms with Crippen LogP contribution in [0.1, 0.15) is 0 Å². The van der Waals surface area contributed by atoms with Crippen molar-refractivity contribution in [1.82, 2.24) is 23.9 Å². The quantitative estimate of drug-likeness (QED) is 0.194. The van der Waals surface area contributed by atoms with E-state index in [1.807, 2.05) is 23.5 Å². The molecule has 0 saturated carbocycles. The normalized spacial score (nSPS) is 12.3. The van der Waals surface area contributed by atoms with E-state index in [4.69, 9.17) is 15.0 Å². The third-order valence-corrected chi connectivity index (χ3v) is 10.7. The minimum absolute atomic E-state index is 0.645. The summed E-state index contributed by atoms with van der Waals surface area (Å²) in [6.07, 6.45) is 0. The Morgan fingerprint density at radius 1 is 0.468 bits per heavy atom. The number of hydrogen-bond acceptors (Lipinski definition) is 4. The average Bonchev–Trinajstić information content (AvgIpc) is 3.81. The van der Waals surface area contributed by atoms with Gasteiger partial charge in [-0.2, -0.15) is 0 Å². The van der Waals surface area contributed by atoms with Crippen LogP contribution in [0, 0.1) is 0 Å². The van der Waals surface area contributed by atoms with Gasteiger partial charge in [-0.05, 0) is 30.3 Å². The predicted octanol–water partition coefficient (Wildman–Crippen LogP) is 10.7. The number of fused-ring (bicyclic) bond motifs is 15. The maximum absolute atomic E-state index is 5.37. The lowest BCUT2D eigenvalue weighted by Gasteiger charge is -2.13. The molecule has 0 spiro atoms. The number of benzene rings is 6. The summed E-state index contributed by atoms with van der Waals surface area (Å²) >= 11 is 1.85. The van der Waals surface area contributed by atoms with Gasteiger partial charge in [0.1, 0.15) is 5.65 Å². The van der Waals surface area contributed by atoms with Crippen molar-refractivity contribution < 1.29 is 0 Å². The minimum atomic E-state index is 0.645. The van der Waals surface area contributed by atoms with E-state index in [1.54, 1.807) is 0 Å². The van der Waals surface area contributed by atoms with Crippen molar-refractivity contribution in [3.05, 3.63) is 140 Å². The monoisotopic (exact) mass is 617 g/mol. The second kappa shape index (κ2) is 9.22. The topological polar surface area (TPSA) is 48.0 Å². The molecule has 0 unspecified atom stereocenters. The predicted molar refractivity (Wildman–Crippen MR) is 196 cm³/mol. The van der Waals surface area contributed by atoms with Gasteiger partial charge in [-0.25, -0.2) is 15.0 Å². The van der Waals surface area contributed by atoms with E-state index in [0.29, 0.717) is 5.95 Å². The van der Waals surface area contributed by atoms with Gasteiger partial charge < -0.3 is 0 Å². The van der Waals surface area contributed by atoms with Crippen LogP contribution in [-0.4, -0.2) is 23.9 Å².